The molecule has 0 fully saturated rings. The first-order valence-electron chi connectivity index (χ1n) is 2.16. The maximum absolute atomic E-state index is 5.46. The summed E-state index contributed by atoms with van der Waals surface area (Å²) in [6.07, 6.45) is 1.21. The summed E-state index contributed by atoms with van der Waals surface area (Å²) < 4.78 is 9.45. The molecule has 2 nitrogen and oxygen atoms in total. The van der Waals surface area contributed by atoms with Crippen molar-refractivity contribution in [2.45, 2.75) is 11.1 Å². The smallest absolute Gasteiger partial charge is 0.224 e. The Labute approximate surface area is 67.3 Å². The fourth-order valence-electron chi connectivity index (χ4n) is 0.369. The van der Waals surface area contributed by atoms with E-state index in [0.717, 1.165) is 0 Å². The van der Waals surface area contributed by atoms with E-state index in [1.165, 1.54) is 6.26 Å². The van der Waals surface area contributed by atoms with Crippen LogP contribution in [0.1, 0.15) is 0 Å². The highest BCUT2D eigenvalue weighted by molar-refractivity contribution is 6.31. The third kappa shape index (κ3) is 1.81. The fraction of sp³-hybridized carbons (Fsp3) is 0.500. The highest BCUT2D eigenvalue weighted by atomic mass is 35.5. The summed E-state index contributed by atoms with van der Waals surface area (Å²) in [5, 5.41) is 0.118. The first kappa shape index (κ1) is 7.32. The Balaban J connectivity index is 2.54. The summed E-state index contributed by atoms with van der Waals surface area (Å²) in [6.45, 7) is 0. The molecule has 0 aromatic heterocycles. The average Bonchev–Trinajstić information content (AvgIpc) is 1.80. The summed E-state index contributed by atoms with van der Waals surface area (Å²) in [5.74, 6) is 0. The minimum Gasteiger partial charge on any atom is -0.472 e. The molecule has 0 aliphatic carbocycles. The monoisotopic (exact) mass is 188 g/mol. The number of ether oxygens (including phenoxy) is 2. The summed E-state index contributed by atoms with van der Waals surface area (Å²) in [7, 11) is 0. The zero-order valence-electron chi connectivity index (χ0n) is 4.18. The quantitative estimate of drug-likeness (QED) is 0.544. The van der Waals surface area contributed by atoms with Crippen LogP contribution in [0.4, 0.5) is 0 Å². The number of hydrogen-bond acceptors (Lipinski definition) is 2. The van der Waals surface area contributed by atoms with E-state index in [9.17, 15) is 0 Å². The second-order valence-electron chi connectivity index (χ2n) is 1.38. The van der Waals surface area contributed by atoms with Gasteiger partial charge in [-0.05, 0) is 11.6 Å². The minimum atomic E-state index is -0.704. The molecule has 0 saturated carbocycles. The Morgan fingerprint density at radius 2 is 2.00 bits per heavy atom. The maximum Gasteiger partial charge on any atom is 0.224 e. The molecule has 1 aliphatic rings. The standard InChI is InChI=1S/C4H3Cl3O2/c5-2-1-8-3(6)4(7)9-2/h1,3-4H/t3-,4-/m1/s1. The lowest BCUT2D eigenvalue weighted by atomic mass is 10.7. The van der Waals surface area contributed by atoms with Crippen molar-refractivity contribution < 1.29 is 9.47 Å². The molecule has 9 heavy (non-hydrogen) atoms. The Hall–Kier alpha value is 0.210. The predicted molar refractivity (Wildman–Crippen MR) is 35.4 cm³/mol. The zero-order valence-corrected chi connectivity index (χ0v) is 6.45. The molecule has 0 amide bonds. The van der Waals surface area contributed by atoms with Crippen molar-refractivity contribution in [1.29, 1.82) is 0 Å². The fourth-order valence-corrected chi connectivity index (χ4v) is 0.820. The normalized spacial score (nSPS) is 34.3. The minimum absolute atomic E-state index is 0.118. The highest BCUT2D eigenvalue weighted by Crippen LogP contribution is 2.23. The van der Waals surface area contributed by atoms with E-state index in [-0.39, 0.29) is 5.22 Å². The molecular formula is C4H3Cl3O2. The van der Waals surface area contributed by atoms with E-state index in [1.54, 1.807) is 0 Å². The molecule has 2 atom stereocenters. The molecule has 0 bridgehead atoms. The van der Waals surface area contributed by atoms with E-state index in [1.807, 2.05) is 0 Å². The van der Waals surface area contributed by atoms with Crippen LogP contribution in [-0.4, -0.2) is 11.1 Å². The van der Waals surface area contributed by atoms with Gasteiger partial charge in [0.25, 0.3) is 0 Å². The van der Waals surface area contributed by atoms with E-state index >= 15 is 0 Å². The summed E-state index contributed by atoms with van der Waals surface area (Å²) in [5.41, 5.74) is -1.36. The molecule has 0 radical (unpaired) electrons. The van der Waals surface area contributed by atoms with Gasteiger partial charge in [-0.25, -0.2) is 0 Å². The summed E-state index contributed by atoms with van der Waals surface area (Å²) in [6, 6.07) is 0. The van der Waals surface area contributed by atoms with Gasteiger partial charge in [-0.2, -0.15) is 0 Å². The van der Waals surface area contributed by atoms with Gasteiger partial charge in [-0.1, -0.05) is 23.2 Å². The van der Waals surface area contributed by atoms with Gasteiger partial charge in [-0.3, -0.25) is 0 Å². The molecule has 0 N–H and O–H groups in total. The van der Waals surface area contributed by atoms with Crippen LogP contribution in [-0.2, 0) is 9.47 Å². The SMILES string of the molecule is ClC1=CO[C@@H](Cl)[C@H](Cl)O1. The first-order chi connectivity index (χ1) is 4.20. The second kappa shape index (κ2) is 2.86. The van der Waals surface area contributed by atoms with Gasteiger partial charge in [-0.15, -0.1) is 0 Å². The van der Waals surface area contributed by atoms with Crippen LogP contribution in [0.25, 0.3) is 0 Å². The van der Waals surface area contributed by atoms with Gasteiger partial charge < -0.3 is 9.47 Å². The topological polar surface area (TPSA) is 18.5 Å². The third-order valence-corrected chi connectivity index (χ3v) is 1.68. The van der Waals surface area contributed by atoms with Crippen molar-refractivity contribution in [2.24, 2.45) is 0 Å². The van der Waals surface area contributed by atoms with Crippen molar-refractivity contribution in [3.05, 3.63) is 11.5 Å². The van der Waals surface area contributed by atoms with Crippen LogP contribution in [0.15, 0.2) is 11.5 Å². The Morgan fingerprint density at radius 3 is 2.44 bits per heavy atom. The summed E-state index contributed by atoms with van der Waals surface area (Å²) in [4.78, 5) is 0. The lowest BCUT2D eigenvalue weighted by Crippen LogP contribution is -2.22. The van der Waals surface area contributed by atoms with E-state index in [0.29, 0.717) is 0 Å². The molecular weight excluding hydrogens is 186 g/mol. The predicted octanol–water partition coefficient (Wildman–Crippen LogP) is 2.20. The van der Waals surface area contributed by atoms with Crippen molar-refractivity contribution in [1.82, 2.24) is 0 Å². The van der Waals surface area contributed by atoms with Crippen LogP contribution in [0.3, 0.4) is 0 Å². The molecule has 0 saturated heterocycles. The Bertz CT molecular complexity index is 136. The van der Waals surface area contributed by atoms with Gasteiger partial charge in [0, 0.05) is 0 Å². The highest BCUT2D eigenvalue weighted by Gasteiger charge is 2.23. The van der Waals surface area contributed by atoms with Gasteiger partial charge in [0.1, 0.15) is 6.26 Å². The largest absolute Gasteiger partial charge is 0.472 e. The molecule has 0 unspecified atom stereocenters. The van der Waals surface area contributed by atoms with Crippen molar-refractivity contribution in [3.63, 3.8) is 0 Å². The van der Waals surface area contributed by atoms with Crippen molar-refractivity contribution >= 4 is 34.8 Å². The van der Waals surface area contributed by atoms with E-state index in [4.69, 9.17) is 44.3 Å². The summed E-state index contributed by atoms with van der Waals surface area (Å²) >= 11 is 16.3. The first-order valence-corrected chi connectivity index (χ1v) is 3.41. The molecule has 1 rings (SSSR count). The number of hydrogen-bond donors (Lipinski definition) is 0. The molecule has 0 aromatic rings. The van der Waals surface area contributed by atoms with E-state index < -0.39 is 11.1 Å². The average molecular weight is 189 g/mol. The molecule has 1 aliphatic heterocycles. The van der Waals surface area contributed by atoms with Crippen LogP contribution >= 0.6 is 34.8 Å². The number of halogens is 3. The molecule has 0 aromatic carbocycles. The van der Waals surface area contributed by atoms with Gasteiger partial charge >= 0.3 is 0 Å². The lowest BCUT2D eigenvalue weighted by Gasteiger charge is -2.20. The molecule has 1 heterocycles. The third-order valence-electron chi connectivity index (χ3n) is 0.722. The van der Waals surface area contributed by atoms with Crippen LogP contribution < -0.4 is 0 Å². The van der Waals surface area contributed by atoms with Crippen LogP contribution in [0.5, 0.6) is 0 Å². The Kier molecular flexibility index (Phi) is 2.33. The van der Waals surface area contributed by atoms with Crippen LogP contribution in [0.2, 0.25) is 0 Å². The number of alkyl halides is 2. The van der Waals surface area contributed by atoms with Crippen LogP contribution in [0, 0.1) is 0 Å². The van der Waals surface area contributed by atoms with Crippen molar-refractivity contribution in [3.8, 4) is 0 Å². The molecule has 0 spiro atoms. The maximum atomic E-state index is 5.46. The van der Waals surface area contributed by atoms with Gasteiger partial charge in [0.05, 0.1) is 0 Å². The zero-order chi connectivity index (χ0) is 6.85. The van der Waals surface area contributed by atoms with Gasteiger partial charge in [0.2, 0.25) is 16.3 Å². The lowest BCUT2D eigenvalue weighted by molar-refractivity contribution is 0.0490. The van der Waals surface area contributed by atoms with E-state index in [2.05, 4.69) is 0 Å². The molecule has 52 valence electrons. The van der Waals surface area contributed by atoms with Gasteiger partial charge in [0.15, 0.2) is 0 Å². The molecule has 5 heteroatoms. The second-order valence-corrected chi connectivity index (χ2v) is 2.61. The number of rotatable bonds is 0. The van der Waals surface area contributed by atoms with Crippen molar-refractivity contribution in [2.75, 3.05) is 0 Å². The Morgan fingerprint density at radius 1 is 1.33 bits per heavy atom.